The second-order valence-corrected chi connectivity index (χ2v) is 5.27. The van der Waals surface area contributed by atoms with Crippen LogP contribution in [0.15, 0.2) is 16.5 Å². The molecular weight excluding hydrogens is 270 g/mol. The van der Waals surface area contributed by atoms with E-state index in [9.17, 15) is 14.7 Å². The zero-order valence-electron chi connectivity index (χ0n) is 10.4. The number of rotatable bonds is 4. The summed E-state index contributed by atoms with van der Waals surface area (Å²) < 4.78 is 5.37. The molecule has 104 valence electrons. The zero-order chi connectivity index (χ0) is 14.0. The third-order valence-electron chi connectivity index (χ3n) is 2.98. The van der Waals surface area contributed by atoms with E-state index in [1.54, 1.807) is 17.8 Å². The number of carboxylic acid groups (broad SMARTS) is 1. The third-order valence-corrected chi connectivity index (χ3v) is 3.56. The van der Waals surface area contributed by atoms with Gasteiger partial charge >= 0.3 is 5.97 Å². The van der Waals surface area contributed by atoms with Gasteiger partial charge in [-0.3, -0.25) is 4.79 Å². The number of carboxylic acids is 1. The molecule has 0 bridgehead atoms. The minimum Gasteiger partial charge on any atom is -0.480 e. The third kappa shape index (κ3) is 2.93. The molecule has 1 saturated heterocycles. The van der Waals surface area contributed by atoms with E-state index in [2.05, 4.69) is 0 Å². The van der Waals surface area contributed by atoms with Crippen molar-refractivity contribution >= 4 is 23.6 Å². The summed E-state index contributed by atoms with van der Waals surface area (Å²) in [6.07, 6.45) is 1.17. The van der Waals surface area contributed by atoms with Gasteiger partial charge in [0, 0.05) is 13.0 Å². The summed E-state index contributed by atoms with van der Waals surface area (Å²) >= 11 is 1.57. The standard InChI is InChI=1S/C12H15NO5S/c1-19-6-8-2-3-10(18-8)11(15)13-5-7(14)4-9(13)12(16)17/h2-3,7,9,14H,4-6H2,1H3,(H,16,17)/t7-,9+/m1/s1. The Morgan fingerprint density at radius 3 is 2.89 bits per heavy atom. The van der Waals surface area contributed by atoms with Gasteiger partial charge in [0.2, 0.25) is 0 Å². The van der Waals surface area contributed by atoms with Crippen LogP contribution in [0.4, 0.5) is 0 Å². The number of furan rings is 1. The molecule has 0 aromatic carbocycles. The highest BCUT2D eigenvalue weighted by Gasteiger charge is 2.40. The van der Waals surface area contributed by atoms with E-state index in [-0.39, 0.29) is 18.7 Å². The van der Waals surface area contributed by atoms with Crippen molar-refractivity contribution in [2.75, 3.05) is 12.8 Å². The number of carbonyl (C=O) groups excluding carboxylic acids is 1. The lowest BCUT2D eigenvalue weighted by Gasteiger charge is -2.19. The number of likely N-dealkylation sites (tertiary alicyclic amines) is 1. The summed E-state index contributed by atoms with van der Waals surface area (Å²) in [7, 11) is 0. The Kier molecular flexibility index (Phi) is 4.16. The number of hydrogen-bond donors (Lipinski definition) is 2. The normalized spacial score (nSPS) is 22.7. The quantitative estimate of drug-likeness (QED) is 0.850. The van der Waals surface area contributed by atoms with Crippen LogP contribution in [0.3, 0.4) is 0 Å². The van der Waals surface area contributed by atoms with Gasteiger partial charge in [-0.1, -0.05) is 0 Å². The summed E-state index contributed by atoms with van der Waals surface area (Å²) in [5.74, 6) is -0.165. The van der Waals surface area contributed by atoms with Gasteiger partial charge < -0.3 is 19.5 Å². The highest BCUT2D eigenvalue weighted by molar-refractivity contribution is 7.97. The largest absolute Gasteiger partial charge is 0.480 e. The number of nitrogens with zero attached hydrogens (tertiary/aromatic N) is 1. The molecule has 2 heterocycles. The molecule has 2 N–H and O–H groups in total. The van der Waals surface area contributed by atoms with Gasteiger partial charge in [0.25, 0.3) is 5.91 Å². The Morgan fingerprint density at radius 2 is 2.26 bits per heavy atom. The van der Waals surface area contributed by atoms with Gasteiger partial charge in [0.1, 0.15) is 11.8 Å². The van der Waals surface area contributed by atoms with Gasteiger partial charge in [-0.05, 0) is 18.4 Å². The fraction of sp³-hybridized carbons (Fsp3) is 0.500. The Balaban J connectivity index is 2.15. The maximum Gasteiger partial charge on any atom is 0.326 e. The minimum atomic E-state index is -1.11. The van der Waals surface area contributed by atoms with Crippen molar-refractivity contribution in [1.29, 1.82) is 0 Å². The van der Waals surface area contributed by atoms with Gasteiger partial charge in [-0.25, -0.2) is 4.79 Å². The molecular formula is C12H15NO5S. The maximum absolute atomic E-state index is 12.2. The zero-order valence-corrected chi connectivity index (χ0v) is 11.2. The van der Waals surface area contributed by atoms with Crippen LogP contribution in [0.25, 0.3) is 0 Å². The number of aliphatic hydroxyl groups is 1. The Hall–Kier alpha value is -1.47. The number of β-amino-alcohol motifs (C(OH)–C–C–N with tert-alkyl or cyclic N) is 1. The lowest BCUT2D eigenvalue weighted by molar-refractivity contribution is -0.141. The molecule has 1 fully saturated rings. The van der Waals surface area contributed by atoms with E-state index in [1.165, 1.54) is 6.07 Å². The number of amides is 1. The first-order valence-corrected chi connectivity index (χ1v) is 7.21. The summed E-state index contributed by atoms with van der Waals surface area (Å²) in [6.45, 7) is 0.0222. The lowest BCUT2D eigenvalue weighted by Crippen LogP contribution is -2.40. The van der Waals surface area contributed by atoms with Crippen molar-refractivity contribution in [2.24, 2.45) is 0 Å². The lowest BCUT2D eigenvalue weighted by atomic mass is 10.2. The summed E-state index contributed by atoms with van der Waals surface area (Å²) in [5, 5.41) is 18.6. The van der Waals surface area contributed by atoms with Crippen LogP contribution in [0, 0.1) is 0 Å². The molecule has 1 aromatic heterocycles. The molecule has 1 amide bonds. The second kappa shape index (κ2) is 5.66. The van der Waals surface area contributed by atoms with Gasteiger partial charge in [-0.2, -0.15) is 11.8 Å². The first kappa shape index (κ1) is 14.0. The van der Waals surface area contributed by atoms with E-state index in [0.29, 0.717) is 11.5 Å². The Bertz CT molecular complexity index is 486. The van der Waals surface area contributed by atoms with Crippen molar-refractivity contribution in [3.8, 4) is 0 Å². The predicted octanol–water partition coefficient (Wildman–Crippen LogP) is 0.803. The smallest absolute Gasteiger partial charge is 0.326 e. The Morgan fingerprint density at radius 1 is 1.53 bits per heavy atom. The molecule has 6 nitrogen and oxygen atoms in total. The number of aliphatic hydroxyl groups excluding tert-OH is 1. The Labute approximate surface area is 114 Å². The molecule has 19 heavy (non-hydrogen) atoms. The molecule has 0 spiro atoms. The maximum atomic E-state index is 12.2. The van der Waals surface area contributed by atoms with E-state index < -0.39 is 24.0 Å². The van der Waals surface area contributed by atoms with Crippen LogP contribution < -0.4 is 0 Å². The number of carbonyl (C=O) groups is 2. The molecule has 0 aliphatic carbocycles. The van der Waals surface area contributed by atoms with Crippen molar-refractivity contribution in [3.05, 3.63) is 23.7 Å². The molecule has 1 aromatic rings. The fourth-order valence-electron chi connectivity index (χ4n) is 2.13. The molecule has 1 aliphatic heterocycles. The average molecular weight is 285 g/mol. The van der Waals surface area contributed by atoms with Crippen LogP contribution in [0.1, 0.15) is 22.7 Å². The molecule has 0 unspecified atom stereocenters. The van der Waals surface area contributed by atoms with Crippen LogP contribution in [0.2, 0.25) is 0 Å². The van der Waals surface area contributed by atoms with E-state index in [1.807, 2.05) is 6.26 Å². The SMILES string of the molecule is CSCc1ccc(C(=O)N2C[C@H](O)C[C@H]2C(=O)O)o1. The summed E-state index contributed by atoms with van der Waals surface area (Å²) in [4.78, 5) is 24.4. The minimum absolute atomic E-state index is 0.0222. The van der Waals surface area contributed by atoms with Crippen LogP contribution in [0.5, 0.6) is 0 Å². The van der Waals surface area contributed by atoms with Crippen LogP contribution in [-0.2, 0) is 10.5 Å². The van der Waals surface area contributed by atoms with Crippen LogP contribution in [-0.4, -0.2) is 51.9 Å². The van der Waals surface area contributed by atoms with Gasteiger partial charge in [-0.15, -0.1) is 0 Å². The fourth-order valence-corrected chi connectivity index (χ4v) is 2.57. The number of hydrogen-bond acceptors (Lipinski definition) is 5. The highest BCUT2D eigenvalue weighted by atomic mass is 32.2. The van der Waals surface area contributed by atoms with E-state index in [0.717, 1.165) is 4.90 Å². The van der Waals surface area contributed by atoms with Crippen molar-refractivity contribution in [1.82, 2.24) is 4.90 Å². The first-order valence-electron chi connectivity index (χ1n) is 5.82. The summed E-state index contributed by atoms with van der Waals surface area (Å²) in [5.41, 5.74) is 0. The predicted molar refractivity (Wildman–Crippen MR) is 69.0 cm³/mol. The van der Waals surface area contributed by atoms with Gasteiger partial charge in [0.15, 0.2) is 5.76 Å². The topological polar surface area (TPSA) is 91.0 Å². The summed E-state index contributed by atoms with van der Waals surface area (Å²) in [6, 6.07) is 2.25. The van der Waals surface area contributed by atoms with Crippen LogP contribution >= 0.6 is 11.8 Å². The number of thioether (sulfide) groups is 1. The van der Waals surface area contributed by atoms with Crippen molar-refractivity contribution < 1.29 is 24.2 Å². The molecule has 0 saturated carbocycles. The first-order chi connectivity index (χ1) is 9.02. The molecule has 2 rings (SSSR count). The second-order valence-electron chi connectivity index (χ2n) is 4.40. The molecule has 1 aliphatic rings. The average Bonchev–Trinajstić information content (AvgIpc) is 2.95. The van der Waals surface area contributed by atoms with Crippen molar-refractivity contribution in [2.45, 2.75) is 24.3 Å². The molecule has 2 atom stereocenters. The van der Waals surface area contributed by atoms with E-state index >= 15 is 0 Å². The number of aliphatic carboxylic acids is 1. The monoisotopic (exact) mass is 285 g/mol. The molecule has 0 radical (unpaired) electrons. The highest BCUT2D eigenvalue weighted by Crippen LogP contribution is 2.22. The van der Waals surface area contributed by atoms with Gasteiger partial charge in [0.05, 0.1) is 11.9 Å². The van der Waals surface area contributed by atoms with E-state index in [4.69, 9.17) is 9.52 Å². The van der Waals surface area contributed by atoms with Crippen molar-refractivity contribution in [3.63, 3.8) is 0 Å². The molecule has 7 heteroatoms.